The predicted octanol–water partition coefficient (Wildman–Crippen LogP) is 5.14. The lowest BCUT2D eigenvalue weighted by Gasteiger charge is -2.12. The number of hydrogen-bond acceptors (Lipinski definition) is 8. The van der Waals surface area contributed by atoms with E-state index in [0.29, 0.717) is 28.9 Å². The molecule has 4 rings (SSSR count). The molecule has 0 aliphatic carbocycles. The molecule has 0 bridgehead atoms. The Morgan fingerprint density at radius 2 is 1.85 bits per heavy atom. The van der Waals surface area contributed by atoms with E-state index in [-0.39, 0.29) is 11.7 Å². The van der Waals surface area contributed by atoms with Crippen LogP contribution in [0.4, 0.5) is 5.69 Å². The fourth-order valence-corrected chi connectivity index (χ4v) is 4.69. The molecule has 0 aliphatic rings. The summed E-state index contributed by atoms with van der Waals surface area (Å²) in [4.78, 5) is 13.7. The van der Waals surface area contributed by atoms with E-state index in [1.54, 1.807) is 43.8 Å². The molecule has 8 nitrogen and oxygen atoms in total. The van der Waals surface area contributed by atoms with Gasteiger partial charge in [-0.3, -0.25) is 9.36 Å². The van der Waals surface area contributed by atoms with Crippen LogP contribution in [-0.2, 0) is 4.79 Å². The summed E-state index contributed by atoms with van der Waals surface area (Å²) in [6.45, 7) is 2.55. The number of carbonyl (C=O) groups excluding carboxylic acids is 1. The number of anilines is 1. The van der Waals surface area contributed by atoms with Gasteiger partial charge in [-0.05, 0) is 54.8 Å². The van der Waals surface area contributed by atoms with E-state index >= 15 is 0 Å². The van der Waals surface area contributed by atoms with Crippen LogP contribution in [0.5, 0.6) is 17.2 Å². The highest BCUT2D eigenvalue weighted by Gasteiger charge is 2.18. The van der Waals surface area contributed by atoms with Crippen LogP contribution in [0.25, 0.3) is 16.4 Å². The van der Waals surface area contributed by atoms with Crippen LogP contribution >= 0.6 is 23.1 Å². The molecule has 0 spiro atoms. The number of hydrogen-bond donors (Lipinski definition) is 1. The van der Waals surface area contributed by atoms with Gasteiger partial charge in [0, 0.05) is 6.07 Å². The topological polar surface area (TPSA) is 87.5 Å². The monoisotopic (exact) mass is 496 g/mol. The first kappa shape index (κ1) is 23.7. The van der Waals surface area contributed by atoms with Crippen molar-refractivity contribution in [2.24, 2.45) is 0 Å². The third-order valence-electron chi connectivity index (χ3n) is 4.80. The Hall–Kier alpha value is -3.50. The number of thiophene rings is 1. The molecule has 0 unspecified atom stereocenters. The van der Waals surface area contributed by atoms with Crippen molar-refractivity contribution in [1.82, 2.24) is 14.8 Å². The molecule has 2 heterocycles. The smallest absolute Gasteiger partial charge is 0.234 e. The van der Waals surface area contributed by atoms with Gasteiger partial charge in [0.1, 0.15) is 17.2 Å². The first-order valence-corrected chi connectivity index (χ1v) is 12.4. The molecule has 2 aromatic heterocycles. The van der Waals surface area contributed by atoms with E-state index in [1.165, 1.54) is 11.8 Å². The van der Waals surface area contributed by atoms with Gasteiger partial charge < -0.3 is 19.5 Å². The summed E-state index contributed by atoms with van der Waals surface area (Å²) in [5.41, 5.74) is 1.46. The van der Waals surface area contributed by atoms with E-state index in [0.717, 1.165) is 22.1 Å². The van der Waals surface area contributed by atoms with E-state index in [2.05, 4.69) is 15.5 Å². The quantitative estimate of drug-likeness (QED) is 0.304. The molecule has 1 amide bonds. The lowest BCUT2D eigenvalue weighted by molar-refractivity contribution is -0.113. The van der Waals surface area contributed by atoms with Crippen molar-refractivity contribution in [3.05, 3.63) is 60.0 Å². The van der Waals surface area contributed by atoms with E-state index in [1.807, 2.05) is 53.3 Å². The molecule has 0 radical (unpaired) electrons. The van der Waals surface area contributed by atoms with Gasteiger partial charge in [-0.2, -0.15) is 0 Å². The van der Waals surface area contributed by atoms with Gasteiger partial charge in [-0.1, -0.05) is 17.8 Å². The van der Waals surface area contributed by atoms with Gasteiger partial charge in [0.25, 0.3) is 0 Å². The van der Waals surface area contributed by atoms with E-state index in [9.17, 15) is 4.79 Å². The van der Waals surface area contributed by atoms with Crippen LogP contribution in [0.2, 0.25) is 0 Å². The van der Waals surface area contributed by atoms with Crippen molar-refractivity contribution < 1.29 is 19.0 Å². The minimum atomic E-state index is -0.188. The predicted molar refractivity (Wildman–Crippen MR) is 135 cm³/mol. The summed E-state index contributed by atoms with van der Waals surface area (Å²) in [6, 6.07) is 16.9. The normalized spacial score (nSPS) is 10.7. The van der Waals surface area contributed by atoms with Crippen molar-refractivity contribution in [1.29, 1.82) is 0 Å². The summed E-state index contributed by atoms with van der Waals surface area (Å²) in [5, 5.41) is 14.3. The average molecular weight is 497 g/mol. The number of nitrogens with zero attached hydrogens (tertiary/aromatic N) is 3. The first-order valence-electron chi connectivity index (χ1n) is 10.5. The van der Waals surface area contributed by atoms with Gasteiger partial charge in [-0.25, -0.2) is 0 Å². The third-order valence-corrected chi connectivity index (χ3v) is 6.59. The number of methoxy groups -OCH3 is 2. The minimum Gasteiger partial charge on any atom is -0.497 e. The summed E-state index contributed by atoms with van der Waals surface area (Å²) in [7, 11) is 3.12. The molecule has 176 valence electrons. The number of carbonyl (C=O) groups is 1. The lowest BCUT2D eigenvalue weighted by atomic mass is 10.2. The molecule has 0 saturated carbocycles. The van der Waals surface area contributed by atoms with Crippen LogP contribution in [0.1, 0.15) is 6.92 Å². The summed E-state index contributed by atoms with van der Waals surface area (Å²) >= 11 is 2.89. The number of nitrogens with one attached hydrogen (secondary N) is 1. The Morgan fingerprint density at radius 1 is 1.06 bits per heavy atom. The fourth-order valence-electron chi connectivity index (χ4n) is 3.24. The van der Waals surface area contributed by atoms with Gasteiger partial charge in [0.15, 0.2) is 11.0 Å². The van der Waals surface area contributed by atoms with Crippen LogP contribution in [0, 0.1) is 0 Å². The Labute approximate surface area is 205 Å². The molecule has 0 saturated heterocycles. The first-order chi connectivity index (χ1) is 16.6. The molecule has 0 atom stereocenters. The Bertz CT molecular complexity index is 1240. The highest BCUT2D eigenvalue weighted by Crippen LogP contribution is 2.32. The second-order valence-electron chi connectivity index (χ2n) is 6.95. The highest BCUT2D eigenvalue weighted by molar-refractivity contribution is 7.99. The zero-order valence-corrected chi connectivity index (χ0v) is 20.6. The summed E-state index contributed by atoms with van der Waals surface area (Å²) in [5.74, 6) is 2.64. The van der Waals surface area contributed by atoms with Crippen LogP contribution in [0.15, 0.2) is 65.1 Å². The van der Waals surface area contributed by atoms with Gasteiger partial charge in [0.2, 0.25) is 5.91 Å². The van der Waals surface area contributed by atoms with Crippen molar-refractivity contribution in [2.45, 2.75) is 12.1 Å². The number of thioether (sulfide) groups is 1. The molecule has 1 N–H and O–H groups in total. The zero-order chi connectivity index (χ0) is 23.9. The van der Waals surface area contributed by atoms with Gasteiger partial charge in [-0.15, -0.1) is 21.5 Å². The van der Waals surface area contributed by atoms with E-state index in [4.69, 9.17) is 14.2 Å². The maximum absolute atomic E-state index is 12.7. The SMILES string of the molecule is CCOc1ccc(-n2c(SCC(=O)Nc3ccc(OC)cc3OC)nnc2-c2cccs2)cc1. The van der Waals surface area contributed by atoms with Gasteiger partial charge >= 0.3 is 0 Å². The molecule has 0 fully saturated rings. The minimum absolute atomic E-state index is 0.148. The van der Waals surface area contributed by atoms with Gasteiger partial charge in [0.05, 0.1) is 42.8 Å². The van der Waals surface area contributed by atoms with Crippen molar-refractivity contribution >= 4 is 34.7 Å². The lowest BCUT2D eigenvalue weighted by Crippen LogP contribution is -2.15. The Kier molecular flexibility index (Phi) is 7.71. The van der Waals surface area contributed by atoms with Crippen LogP contribution < -0.4 is 19.5 Å². The van der Waals surface area contributed by atoms with Crippen molar-refractivity contribution in [3.63, 3.8) is 0 Å². The van der Waals surface area contributed by atoms with Crippen molar-refractivity contribution in [3.8, 4) is 33.6 Å². The molecular formula is C24H24N4O4S2. The van der Waals surface area contributed by atoms with Crippen LogP contribution in [0.3, 0.4) is 0 Å². The molecular weight excluding hydrogens is 472 g/mol. The fraction of sp³-hybridized carbons (Fsp3) is 0.208. The van der Waals surface area contributed by atoms with E-state index < -0.39 is 0 Å². The van der Waals surface area contributed by atoms with Crippen LogP contribution in [-0.4, -0.2) is 47.3 Å². The zero-order valence-electron chi connectivity index (χ0n) is 19.0. The maximum atomic E-state index is 12.7. The third kappa shape index (κ3) is 5.35. The van der Waals surface area contributed by atoms with Crippen molar-refractivity contribution in [2.75, 3.05) is 31.9 Å². The Morgan fingerprint density at radius 3 is 2.53 bits per heavy atom. The number of ether oxygens (including phenoxy) is 3. The molecule has 0 aliphatic heterocycles. The number of rotatable bonds is 10. The second kappa shape index (κ2) is 11.1. The number of aromatic nitrogens is 3. The highest BCUT2D eigenvalue weighted by atomic mass is 32.2. The molecule has 4 aromatic rings. The maximum Gasteiger partial charge on any atom is 0.234 e. The Balaban J connectivity index is 1.55. The molecule has 34 heavy (non-hydrogen) atoms. The second-order valence-corrected chi connectivity index (χ2v) is 8.84. The number of benzene rings is 2. The summed E-state index contributed by atoms with van der Waals surface area (Å²) < 4.78 is 18.1. The number of amides is 1. The largest absolute Gasteiger partial charge is 0.497 e. The molecule has 10 heteroatoms. The summed E-state index contributed by atoms with van der Waals surface area (Å²) in [6.07, 6.45) is 0. The standard InChI is InChI=1S/C24H24N4O4S2/c1-4-32-17-9-7-16(8-10-17)28-23(21-6-5-13-33-21)26-27-24(28)34-15-22(29)25-19-12-11-18(30-2)14-20(19)31-3/h5-14H,4,15H2,1-3H3,(H,25,29). The average Bonchev–Trinajstić information content (AvgIpc) is 3.54. The molecule has 2 aromatic carbocycles.